The van der Waals surface area contributed by atoms with E-state index in [4.69, 9.17) is 0 Å². The van der Waals surface area contributed by atoms with Gasteiger partial charge in [0.25, 0.3) is 0 Å². The molecule has 0 saturated heterocycles. The van der Waals surface area contributed by atoms with E-state index < -0.39 is 5.60 Å². The van der Waals surface area contributed by atoms with Gasteiger partial charge in [-0.25, -0.2) is 4.39 Å². The van der Waals surface area contributed by atoms with E-state index in [2.05, 4.69) is 0 Å². The molecule has 0 amide bonds. The van der Waals surface area contributed by atoms with E-state index in [9.17, 15) is 9.50 Å². The third-order valence-electron chi connectivity index (χ3n) is 3.30. The number of hydrogen-bond donors (Lipinski definition) is 1. The van der Waals surface area contributed by atoms with Crippen LogP contribution in [0.5, 0.6) is 0 Å². The lowest BCUT2D eigenvalue weighted by molar-refractivity contribution is 0.0453. The lowest BCUT2D eigenvalue weighted by Gasteiger charge is -2.24. The third-order valence-corrected chi connectivity index (χ3v) is 3.30. The minimum absolute atomic E-state index is 0.205. The zero-order valence-corrected chi connectivity index (χ0v) is 9.96. The van der Waals surface area contributed by atoms with Crippen molar-refractivity contribution in [2.75, 3.05) is 0 Å². The van der Waals surface area contributed by atoms with Crippen molar-refractivity contribution in [2.45, 2.75) is 45.1 Å². The summed E-state index contributed by atoms with van der Waals surface area (Å²) >= 11 is 0. The lowest BCUT2D eigenvalue weighted by Crippen LogP contribution is -2.28. The number of benzene rings is 1. The predicted octanol–water partition coefficient (Wildman–Crippen LogP) is 3.23. The molecule has 1 nitrogen and oxygen atoms in total. The van der Waals surface area contributed by atoms with Crippen molar-refractivity contribution in [1.82, 2.24) is 0 Å². The van der Waals surface area contributed by atoms with Gasteiger partial charge in [0.2, 0.25) is 0 Å². The average Bonchev–Trinajstić information content (AvgIpc) is 2.93. The highest BCUT2D eigenvalue weighted by Crippen LogP contribution is 2.37. The summed E-state index contributed by atoms with van der Waals surface area (Å²) in [6, 6.07) is 4.78. The highest BCUT2D eigenvalue weighted by Gasteiger charge is 2.31. The van der Waals surface area contributed by atoms with Crippen molar-refractivity contribution in [1.29, 1.82) is 0 Å². The maximum absolute atomic E-state index is 12.9. The van der Waals surface area contributed by atoms with Gasteiger partial charge >= 0.3 is 0 Å². The van der Waals surface area contributed by atoms with Crippen LogP contribution in [0, 0.1) is 18.7 Å². The van der Waals surface area contributed by atoms with E-state index in [1.165, 1.54) is 25.0 Å². The molecule has 88 valence electrons. The zero-order chi connectivity index (χ0) is 11.8. The molecule has 0 aromatic heterocycles. The second kappa shape index (κ2) is 4.17. The summed E-state index contributed by atoms with van der Waals surface area (Å²) in [6.07, 6.45) is 3.98. The fraction of sp³-hybridized carbons (Fsp3) is 0.571. The monoisotopic (exact) mass is 222 g/mol. The van der Waals surface area contributed by atoms with Crippen molar-refractivity contribution >= 4 is 0 Å². The van der Waals surface area contributed by atoms with E-state index in [0.29, 0.717) is 12.3 Å². The minimum atomic E-state index is -0.649. The zero-order valence-electron chi connectivity index (χ0n) is 9.96. The van der Waals surface area contributed by atoms with Gasteiger partial charge in [-0.05, 0) is 49.4 Å². The first-order valence-electron chi connectivity index (χ1n) is 5.94. The van der Waals surface area contributed by atoms with Crippen molar-refractivity contribution in [3.63, 3.8) is 0 Å². The highest BCUT2D eigenvalue weighted by molar-refractivity contribution is 5.27. The predicted molar refractivity (Wildman–Crippen MR) is 62.8 cm³/mol. The van der Waals surface area contributed by atoms with Gasteiger partial charge in [-0.2, -0.15) is 0 Å². The average molecular weight is 222 g/mol. The molecule has 1 unspecified atom stereocenters. The Labute approximate surface area is 96.3 Å². The van der Waals surface area contributed by atoms with Gasteiger partial charge in [0.05, 0.1) is 5.60 Å². The number of rotatable bonds is 4. The first-order chi connectivity index (χ1) is 7.46. The van der Waals surface area contributed by atoms with E-state index >= 15 is 0 Å². The van der Waals surface area contributed by atoms with Crippen LogP contribution in [0.1, 0.15) is 37.3 Å². The molecule has 1 aromatic rings. The fourth-order valence-electron chi connectivity index (χ4n) is 2.28. The Bertz CT molecular complexity index is 380. The standard InChI is InChI=1S/C14H19FO/c1-10-7-13(15)6-5-12(10)9-14(2,16)8-11-3-4-11/h5-7,11,16H,3-4,8-9H2,1-2H3. The summed E-state index contributed by atoms with van der Waals surface area (Å²) in [4.78, 5) is 0. The maximum atomic E-state index is 12.9. The fourth-order valence-corrected chi connectivity index (χ4v) is 2.28. The Kier molecular flexibility index (Phi) is 3.02. The lowest BCUT2D eigenvalue weighted by atomic mass is 9.89. The Morgan fingerprint density at radius 1 is 1.44 bits per heavy atom. The molecule has 0 spiro atoms. The first kappa shape index (κ1) is 11.6. The molecule has 1 N–H and O–H groups in total. The van der Waals surface area contributed by atoms with E-state index in [1.807, 2.05) is 13.8 Å². The molecule has 0 bridgehead atoms. The molecule has 1 saturated carbocycles. The molecule has 0 radical (unpaired) electrons. The molecular weight excluding hydrogens is 203 g/mol. The van der Waals surface area contributed by atoms with Crippen LogP contribution in [0.15, 0.2) is 18.2 Å². The van der Waals surface area contributed by atoms with Crippen LogP contribution in [0.4, 0.5) is 4.39 Å². The van der Waals surface area contributed by atoms with Gasteiger partial charge in [0, 0.05) is 6.42 Å². The Balaban J connectivity index is 2.06. The second-order valence-electron chi connectivity index (χ2n) is 5.39. The molecule has 1 aliphatic rings. The summed E-state index contributed by atoms with van der Waals surface area (Å²) < 4.78 is 12.9. The molecule has 16 heavy (non-hydrogen) atoms. The maximum Gasteiger partial charge on any atom is 0.123 e. The van der Waals surface area contributed by atoms with E-state index in [1.54, 1.807) is 6.07 Å². The molecule has 0 heterocycles. The summed E-state index contributed by atoms with van der Waals surface area (Å²) in [5, 5.41) is 10.3. The molecule has 1 aromatic carbocycles. The van der Waals surface area contributed by atoms with Crippen LogP contribution < -0.4 is 0 Å². The molecule has 1 fully saturated rings. The summed E-state index contributed by atoms with van der Waals surface area (Å²) in [6.45, 7) is 3.78. The topological polar surface area (TPSA) is 20.2 Å². The Morgan fingerprint density at radius 3 is 2.69 bits per heavy atom. The largest absolute Gasteiger partial charge is 0.390 e. The van der Waals surface area contributed by atoms with Crippen LogP contribution in [0.3, 0.4) is 0 Å². The van der Waals surface area contributed by atoms with Gasteiger partial charge in [-0.15, -0.1) is 0 Å². The van der Waals surface area contributed by atoms with Gasteiger partial charge in [-0.3, -0.25) is 0 Å². The van der Waals surface area contributed by atoms with Gasteiger partial charge in [-0.1, -0.05) is 18.9 Å². The Hall–Kier alpha value is -0.890. The molecule has 2 heteroatoms. The van der Waals surface area contributed by atoms with E-state index in [0.717, 1.165) is 17.5 Å². The molecule has 2 rings (SSSR count). The molecule has 1 aliphatic carbocycles. The van der Waals surface area contributed by atoms with E-state index in [-0.39, 0.29) is 5.82 Å². The summed E-state index contributed by atoms with van der Waals surface area (Å²) in [5.74, 6) is 0.499. The summed E-state index contributed by atoms with van der Waals surface area (Å²) in [5.41, 5.74) is 1.33. The van der Waals surface area contributed by atoms with Crippen LogP contribution >= 0.6 is 0 Å². The smallest absolute Gasteiger partial charge is 0.123 e. The number of aryl methyl sites for hydroxylation is 1. The van der Waals surface area contributed by atoms with Gasteiger partial charge < -0.3 is 5.11 Å². The van der Waals surface area contributed by atoms with Crippen molar-refractivity contribution < 1.29 is 9.50 Å². The SMILES string of the molecule is Cc1cc(F)ccc1CC(C)(O)CC1CC1. The van der Waals surface area contributed by atoms with Crippen LogP contribution in [-0.2, 0) is 6.42 Å². The molecule has 0 aliphatic heterocycles. The van der Waals surface area contributed by atoms with Gasteiger partial charge in [0.1, 0.15) is 5.82 Å². The summed E-state index contributed by atoms with van der Waals surface area (Å²) in [7, 11) is 0. The highest BCUT2D eigenvalue weighted by atomic mass is 19.1. The molecular formula is C14H19FO. The van der Waals surface area contributed by atoms with Crippen LogP contribution in [0.25, 0.3) is 0 Å². The number of hydrogen-bond acceptors (Lipinski definition) is 1. The van der Waals surface area contributed by atoms with Crippen molar-refractivity contribution in [2.24, 2.45) is 5.92 Å². The quantitative estimate of drug-likeness (QED) is 0.829. The molecule has 1 atom stereocenters. The van der Waals surface area contributed by atoms with Crippen molar-refractivity contribution in [3.8, 4) is 0 Å². The Morgan fingerprint density at radius 2 is 2.12 bits per heavy atom. The van der Waals surface area contributed by atoms with Gasteiger partial charge in [0.15, 0.2) is 0 Å². The van der Waals surface area contributed by atoms with Crippen LogP contribution in [-0.4, -0.2) is 10.7 Å². The third kappa shape index (κ3) is 3.05. The van der Waals surface area contributed by atoms with Crippen molar-refractivity contribution in [3.05, 3.63) is 35.1 Å². The second-order valence-corrected chi connectivity index (χ2v) is 5.39. The number of aliphatic hydroxyl groups is 1. The number of halogens is 1. The first-order valence-corrected chi connectivity index (χ1v) is 5.94. The van der Waals surface area contributed by atoms with Crippen LogP contribution in [0.2, 0.25) is 0 Å². The normalized spacial score (nSPS) is 19.5. The minimum Gasteiger partial charge on any atom is -0.390 e.